The summed E-state index contributed by atoms with van der Waals surface area (Å²) >= 11 is 5.82. The molecule has 1 fully saturated rings. The molecule has 1 aromatic heterocycles. The van der Waals surface area contributed by atoms with E-state index in [1.807, 2.05) is 18.7 Å². The second kappa shape index (κ2) is 10.5. The zero-order chi connectivity index (χ0) is 27.0. The SMILES string of the molecule is CCN1CCN(C(=O)c2cc3n(n2)CCCN(C(=O)OCc2cc(Cl)cc(C(F)(F)F)c2)C3)C(C)(C)C1. The first-order chi connectivity index (χ1) is 17.4. The zero-order valence-corrected chi connectivity index (χ0v) is 21.9. The standard InChI is InChI=1S/C25H31ClF3N5O3/c1-4-31-8-9-33(24(2,3)16-31)22(35)21-13-20-14-32(6-5-7-34(20)30-21)23(36)37-15-17-10-18(25(27,28)29)12-19(26)11-17/h10-13H,4-9,14-16H2,1-3H3. The molecule has 2 aliphatic rings. The van der Waals surface area contributed by atoms with Crippen molar-refractivity contribution in [2.24, 2.45) is 0 Å². The van der Waals surface area contributed by atoms with Crippen molar-refractivity contribution in [3.63, 3.8) is 0 Å². The van der Waals surface area contributed by atoms with Gasteiger partial charge in [0.15, 0.2) is 5.69 Å². The molecule has 0 atom stereocenters. The number of hydrogen-bond acceptors (Lipinski definition) is 5. The number of carbonyl (C=O) groups excluding carboxylic acids is 2. The van der Waals surface area contributed by atoms with Crippen LogP contribution in [-0.4, -0.2) is 74.7 Å². The number of carbonyl (C=O) groups is 2. The molecule has 3 heterocycles. The van der Waals surface area contributed by atoms with Crippen LogP contribution in [0.3, 0.4) is 0 Å². The number of piperazine rings is 1. The lowest BCUT2D eigenvalue weighted by Gasteiger charge is -2.46. The summed E-state index contributed by atoms with van der Waals surface area (Å²) < 4.78 is 46.2. The number of ether oxygens (including phenoxy) is 1. The van der Waals surface area contributed by atoms with E-state index in [2.05, 4.69) is 16.9 Å². The van der Waals surface area contributed by atoms with Gasteiger partial charge >= 0.3 is 12.3 Å². The van der Waals surface area contributed by atoms with Gasteiger partial charge in [-0.1, -0.05) is 18.5 Å². The first-order valence-corrected chi connectivity index (χ1v) is 12.6. The topological polar surface area (TPSA) is 70.9 Å². The average Bonchev–Trinajstić information content (AvgIpc) is 3.12. The van der Waals surface area contributed by atoms with Gasteiger partial charge < -0.3 is 14.5 Å². The molecule has 0 unspecified atom stereocenters. The van der Waals surface area contributed by atoms with Gasteiger partial charge in [0.05, 0.1) is 23.3 Å². The number of amides is 2. The molecule has 2 aliphatic heterocycles. The highest BCUT2D eigenvalue weighted by Gasteiger charge is 2.38. The van der Waals surface area contributed by atoms with Crippen LogP contribution in [0, 0.1) is 0 Å². The number of aryl methyl sites for hydroxylation is 1. The third-order valence-electron chi connectivity index (χ3n) is 6.81. The van der Waals surface area contributed by atoms with Crippen LogP contribution in [-0.2, 0) is 30.6 Å². The minimum Gasteiger partial charge on any atom is -0.445 e. The van der Waals surface area contributed by atoms with Gasteiger partial charge in [-0.3, -0.25) is 14.4 Å². The second-order valence-electron chi connectivity index (χ2n) is 10.1. The number of alkyl halides is 3. The summed E-state index contributed by atoms with van der Waals surface area (Å²) in [5.41, 5.74) is -0.0613. The largest absolute Gasteiger partial charge is 0.445 e. The van der Waals surface area contributed by atoms with Crippen molar-refractivity contribution in [2.45, 2.75) is 58.6 Å². The Morgan fingerprint density at radius 2 is 1.86 bits per heavy atom. The van der Waals surface area contributed by atoms with E-state index in [4.69, 9.17) is 16.3 Å². The molecule has 37 heavy (non-hydrogen) atoms. The molecule has 2 amide bonds. The second-order valence-corrected chi connectivity index (χ2v) is 10.5. The number of aromatic nitrogens is 2. The van der Waals surface area contributed by atoms with Crippen LogP contribution in [0.5, 0.6) is 0 Å². The highest BCUT2D eigenvalue weighted by molar-refractivity contribution is 6.30. The number of nitrogens with zero attached hydrogens (tertiary/aromatic N) is 5. The van der Waals surface area contributed by atoms with Gasteiger partial charge in [-0.05, 0) is 56.6 Å². The third kappa shape index (κ3) is 6.20. The first kappa shape index (κ1) is 27.3. The van der Waals surface area contributed by atoms with Crippen LogP contribution in [0.25, 0.3) is 0 Å². The lowest BCUT2D eigenvalue weighted by atomic mass is 9.98. The Kier molecular flexibility index (Phi) is 7.75. The molecule has 12 heteroatoms. The van der Waals surface area contributed by atoms with E-state index < -0.39 is 17.8 Å². The van der Waals surface area contributed by atoms with Crippen molar-refractivity contribution in [2.75, 3.05) is 32.7 Å². The molecule has 2 aromatic rings. The van der Waals surface area contributed by atoms with Crippen LogP contribution in [0.15, 0.2) is 24.3 Å². The Bertz CT molecular complexity index is 1170. The lowest BCUT2D eigenvalue weighted by molar-refractivity contribution is -0.137. The van der Waals surface area contributed by atoms with Crippen molar-refractivity contribution in [3.05, 3.63) is 51.8 Å². The van der Waals surface area contributed by atoms with Crippen molar-refractivity contribution >= 4 is 23.6 Å². The Hall–Kier alpha value is -2.79. The van der Waals surface area contributed by atoms with Crippen LogP contribution < -0.4 is 0 Å². The highest BCUT2D eigenvalue weighted by Crippen LogP contribution is 2.32. The maximum absolute atomic E-state index is 13.3. The smallest absolute Gasteiger partial charge is 0.416 e. The fourth-order valence-electron chi connectivity index (χ4n) is 4.90. The van der Waals surface area contributed by atoms with Crippen molar-refractivity contribution in [1.82, 2.24) is 24.5 Å². The molecule has 1 saturated heterocycles. The summed E-state index contributed by atoms with van der Waals surface area (Å²) in [4.78, 5) is 31.8. The Morgan fingerprint density at radius 3 is 2.54 bits per heavy atom. The molecule has 0 N–H and O–H groups in total. The van der Waals surface area contributed by atoms with Gasteiger partial charge in [-0.2, -0.15) is 18.3 Å². The van der Waals surface area contributed by atoms with Gasteiger partial charge in [0.25, 0.3) is 5.91 Å². The summed E-state index contributed by atoms with van der Waals surface area (Å²) in [5, 5.41) is 4.45. The van der Waals surface area contributed by atoms with E-state index in [0.717, 1.165) is 31.8 Å². The predicted molar refractivity (Wildman–Crippen MR) is 131 cm³/mol. The molecule has 8 nitrogen and oxygen atoms in total. The number of halogens is 4. The predicted octanol–water partition coefficient (Wildman–Crippen LogP) is 4.65. The van der Waals surface area contributed by atoms with Gasteiger partial charge in [-0.25, -0.2) is 4.79 Å². The number of fused-ring (bicyclic) bond motifs is 1. The summed E-state index contributed by atoms with van der Waals surface area (Å²) in [5.74, 6) is -0.142. The van der Waals surface area contributed by atoms with Gasteiger partial charge in [0.1, 0.15) is 6.61 Å². The first-order valence-electron chi connectivity index (χ1n) is 12.3. The van der Waals surface area contributed by atoms with Crippen LogP contribution in [0.1, 0.15) is 54.5 Å². The van der Waals surface area contributed by atoms with Crippen molar-refractivity contribution < 1.29 is 27.5 Å². The van der Waals surface area contributed by atoms with E-state index >= 15 is 0 Å². The summed E-state index contributed by atoms with van der Waals surface area (Å²) in [6, 6.07) is 4.78. The highest BCUT2D eigenvalue weighted by atomic mass is 35.5. The van der Waals surface area contributed by atoms with Crippen LogP contribution in [0.4, 0.5) is 18.0 Å². The summed E-state index contributed by atoms with van der Waals surface area (Å²) in [7, 11) is 0. The van der Waals surface area contributed by atoms with Crippen molar-refractivity contribution in [1.29, 1.82) is 0 Å². The average molecular weight is 542 g/mol. The van der Waals surface area contributed by atoms with Gasteiger partial charge in [0.2, 0.25) is 0 Å². The van der Waals surface area contributed by atoms with E-state index in [-0.39, 0.29) is 35.2 Å². The fourth-order valence-corrected chi connectivity index (χ4v) is 5.15. The lowest BCUT2D eigenvalue weighted by Crippen LogP contribution is -2.61. The molecular weight excluding hydrogens is 511 g/mol. The molecule has 0 aliphatic carbocycles. The maximum atomic E-state index is 13.3. The number of hydrogen-bond donors (Lipinski definition) is 0. The summed E-state index contributed by atoms with van der Waals surface area (Å²) in [6.45, 7) is 10.1. The number of rotatable bonds is 4. The van der Waals surface area contributed by atoms with E-state index in [1.54, 1.807) is 10.7 Å². The Balaban J connectivity index is 1.42. The number of likely N-dealkylation sites (N-methyl/N-ethyl adjacent to an activating group) is 1. The fraction of sp³-hybridized carbons (Fsp3) is 0.560. The molecule has 0 spiro atoms. The van der Waals surface area contributed by atoms with E-state index in [9.17, 15) is 22.8 Å². The molecule has 0 bridgehead atoms. The Labute approximate surface area is 218 Å². The molecule has 1 aromatic carbocycles. The normalized spacial score (nSPS) is 18.4. The quantitative estimate of drug-likeness (QED) is 0.563. The maximum Gasteiger partial charge on any atom is 0.416 e. The summed E-state index contributed by atoms with van der Waals surface area (Å²) in [6.07, 6.45) is -4.62. The number of benzene rings is 1. The third-order valence-corrected chi connectivity index (χ3v) is 7.03. The minimum atomic E-state index is -4.55. The molecule has 4 rings (SSSR count). The van der Waals surface area contributed by atoms with E-state index in [0.29, 0.717) is 37.4 Å². The monoisotopic (exact) mass is 541 g/mol. The van der Waals surface area contributed by atoms with E-state index in [1.165, 1.54) is 11.0 Å². The zero-order valence-electron chi connectivity index (χ0n) is 21.1. The van der Waals surface area contributed by atoms with Crippen molar-refractivity contribution in [3.8, 4) is 0 Å². The van der Waals surface area contributed by atoms with Crippen LogP contribution in [0.2, 0.25) is 5.02 Å². The Morgan fingerprint density at radius 1 is 1.11 bits per heavy atom. The van der Waals surface area contributed by atoms with Gasteiger partial charge in [0, 0.05) is 37.7 Å². The molecule has 0 radical (unpaired) electrons. The molecule has 202 valence electrons. The van der Waals surface area contributed by atoms with Crippen LogP contribution >= 0.6 is 11.6 Å². The minimum absolute atomic E-state index is 0.0870. The van der Waals surface area contributed by atoms with Gasteiger partial charge in [-0.15, -0.1) is 0 Å². The molecule has 0 saturated carbocycles. The molecular formula is C25H31ClF3N5O3.